The third kappa shape index (κ3) is 4.78. The Morgan fingerprint density at radius 1 is 1.31 bits per heavy atom. The van der Waals surface area contributed by atoms with Crippen LogP contribution in [0.25, 0.3) is 0 Å². The van der Waals surface area contributed by atoms with Crippen LogP contribution in [0.3, 0.4) is 0 Å². The van der Waals surface area contributed by atoms with E-state index in [1.165, 1.54) is 0 Å². The maximum atomic E-state index is 11.8. The first-order valence-corrected chi connectivity index (χ1v) is 7.31. The number of hydrogen-bond donors (Lipinski definition) is 3. The summed E-state index contributed by atoms with van der Waals surface area (Å²) in [4.78, 5) is 0. The molecule has 0 radical (unpaired) electrons. The molecule has 1 fully saturated rings. The minimum absolute atomic E-state index is 0.311. The van der Waals surface area contributed by atoms with Gasteiger partial charge in [0, 0.05) is 12.1 Å². The molecular formula is C10H23N3O2S. The molecule has 16 heavy (non-hydrogen) atoms. The molecule has 0 aliphatic carbocycles. The highest BCUT2D eigenvalue weighted by Crippen LogP contribution is 2.17. The van der Waals surface area contributed by atoms with E-state index in [1.807, 2.05) is 20.8 Å². The van der Waals surface area contributed by atoms with Crippen molar-refractivity contribution < 1.29 is 8.42 Å². The molecule has 0 aromatic carbocycles. The highest BCUT2D eigenvalue weighted by Gasteiger charge is 2.30. The van der Waals surface area contributed by atoms with Gasteiger partial charge in [-0.1, -0.05) is 13.8 Å². The quantitative estimate of drug-likeness (QED) is 0.652. The molecule has 1 aliphatic heterocycles. The van der Waals surface area contributed by atoms with Crippen molar-refractivity contribution in [3.8, 4) is 0 Å². The lowest BCUT2D eigenvalue weighted by atomic mass is 9.92. The Balaban J connectivity index is 2.50. The molecule has 0 aromatic rings. The molecule has 6 heteroatoms. The summed E-state index contributed by atoms with van der Waals surface area (Å²) in [6.07, 6.45) is 1.66. The molecule has 96 valence electrons. The molecule has 1 rings (SSSR count). The zero-order valence-electron chi connectivity index (χ0n) is 10.3. The predicted octanol–water partition coefficient (Wildman–Crippen LogP) is 0.209. The fourth-order valence-corrected chi connectivity index (χ4v) is 3.20. The highest BCUT2D eigenvalue weighted by molar-refractivity contribution is 7.87. The van der Waals surface area contributed by atoms with Crippen LogP contribution in [0.15, 0.2) is 0 Å². The first-order chi connectivity index (χ1) is 7.33. The number of nitrogens with one attached hydrogen (secondary N) is 3. The lowest BCUT2D eigenvalue weighted by Crippen LogP contribution is -2.55. The van der Waals surface area contributed by atoms with Crippen molar-refractivity contribution in [1.29, 1.82) is 0 Å². The van der Waals surface area contributed by atoms with E-state index in [1.54, 1.807) is 0 Å². The number of hydrogen-bond acceptors (Lipinski definition) is 3. The molecule has 0 bridgehead atoms. The van der Waals surface area contributed by atoms with Gasteiger partial charge in [-0.15, -0.1) is 0 Å². The van der Waals surface area contributed by atoms with Crippen LogP contribution >= 0.6 is 0 Å². The molecule has 0 saturated carbocycles. The zero-order valence-corrected chi connectivity index (χ0v) is 11.2. The van der Waals surface area contributed by atoms with Gasteiger partial charge in [-0.2, -0.15) is 13.1 Å². The van der Waals surface area contributed by atoms with E-state index >= 15 is 0 Å². The molecule has 0 spiro atoms. The van der Waals surface area contributed by atoms with Crippen molar-refractivity contribution >= 4 is 10.2 Å². The molecular weight excluding hydrogens is 226 g/mol. The van der Waals surface area contributed by atoms with Crippen LogP contribution in [-0.4, -0.2) is 33.6 Å². The molecule has 0 amide bonds. The van der Waals surface area contributed by atoms with Crippen molar-refractivity contribution in [1.82, 2.24) is 14.8 Å². The summed E-state index contributed by atoms with van der Waals surface area (Å²) in [5.74, 6) is 0.317. The average Bonchev–Trinajstić information content (AvgIpc) is 2.14. The second kappa shape index (κ2) is 5.44. The maximum absolute atomic E-state index is 11.8. The van der Waals surface area contributed by atoms with Crippen LogP contribution < -0.4 is 14.8 Å². The molecule has 5 nitrogen and oxygen atoms in total. The van der Waals surface area contributed by atoms with Gasteiger partial charge in [-0.3, -0.25) is 0 Å². The Hall–Kier alpha value is -0.170. The van der Waals surface area contributed by atoms with Gasteiger partial charge in [0.15, 0.2) is 0 Å². The average molecular weight is 249 g/mol. The van der Waals surface area contributed by atoms with Crippen molar-refractivity contribution in [3.63, 3.8) is 0 Å². The molecule has 1 aliphatic rings. The van der Waals surface area contributed by atoms with Gasteiger partial charge in [-0.05, 0) is 38.8 Å². The van der Waals surface area contributed by atoms with Crippen molar-refractivity contribution in [2.45, 2.75) is 39.2 Å². The van der Waals surface area contributed by atoms with E-state index in [2.05, 4.69) is 14.8 Å². The topological polar surface area (TPSA) is 70.2 Å². The Kier molecular flexibility index (Phi) is 4.73. The van der Waals surface area contributed by atoms with Gasteiger partial charge in [0.05, 0.1) is 0 Å². The Morgan fingerprint density at radius 2 is 1.88 bits per heavy atom. The second-order valence-corrected chi connectivity index (χ2v) is 6.66. The largest absolute Gasteiger partial charge is 0.317 e. The van der Waals surface area contributed by atoms with Crippen LogP contribution in [0.1, 0.15) is 33.6 Å². The van der Waals surface area contributed by atoms with Crippen LogP contribution in [-0.2, 0) is 10.2 Å². The van der Waals surface area contributed by atoms with Gasteiger partial charge in [0.1, 0.15) is 0 Å². The monoisotopic (exact) mass is 249 g/mol. The Morgan fingerprint density at radius 3 is 2.38 bits per heavy atom. The third-order valence-corrected chi connectivity index (χ3v) is 4.08. The molecule has 0 unspecified atom stereocenters. The van der Waals surface area contributed by atoms with E-state index in [4.69, 9.17) is 0 Å². The van der Waals surface area contributed by atoms with Gasteiger partial charge in [-0.25, -0.2) is 4.72 Å². The molecule has 0 aromatic heterocycles. The number of rotatable bonds is 5. The second-order valence-electron chi connectivity index (χ2n) is 5.16. The van der Waals surface area contributed by atoms with Gasteiger partial charge in [0.2, 0.25) is 0 Å². The summed E-state index contributed by atoms with van der Waals surface area (Å²) in [7, 11) is -3.36. The summed E-state index contributed by atoms with van der Waals surface area (Å²) >= 11 is 0. The smallest absolute Gasteiger partial charge is 0.277 e. The first kappa shape index (κ1) is 13.9. The molecule has 0 atom stereocenters. The normalized spacial score (nSPS) is 21.2. The fourth-order valence-electron chi connectivity index (χ4n) is 1.72. The summed E-state index contributed by atoms with van der Waals surface area (Å²) in [6, 6.07) is 0. The zero-order chi connectivity index (χ0) is 12.2. The number of piperidine rings is 1. The van der Waals surface area contributed by atoms with E-state index in [0.717, 1.165) is 25.9 Å². The SMILES string of the molecule is CC(C)CNS(=O)(=O)NC1(C)CCNCC1. The Labute approximate surface area is 98.6 Å². The van der Waals surface area contributed by atoms with Crippen LogP contribution in [0, 0.1) is 5.92 Å². The predicted molar refractivity (Wildman–Crippen MR) is 65.4 cm³/mol. The van der Waals surface area contributed by atoms with Crippen LogP contribution in [0.2, 0.25) is 0 Å². The maximum Gasteiger partial charge on any atom is 0.277 e. The van der Waals surface area contributed by atoms with E-state index < -0.39 is 10.2 Å². The first-order valence-electron chi connectivity index (χ1n) is 5.82. The summed E-state index contributed by atoms with van der Waals surface area (Å²) in [5.41, 5.74) is -0.311. The summed E-state index contributed by atoms with van der Waals surface area (Å²) < 4.78 is 28.9. The standard InChI is InChI=1S/C10H23N3O2S/c1-9(2)8-12-16(14,15)13-10(3)4-6-11-7-5-10/h9,11-13H,4-8H2,1-3H3. The Bertz CT molecular complexity index is 308. The van der Waals surface area contributed by atoms with Crippen molar-refractivity contribution in [3.05, 3.63) is 0 Å². The third-order valence-electron chi connectivity index (χ3n) is 2.77. The highest BCUT2D eigenvalue weighted by atomic mass is 32.2. The van der Waals surface area contributed by atoms with E-state index in [9.17, 15) is 8.42 Å². The lowest BCUT2D eigenvalue weighted by molar-refractivity contribution is 0.306. The van der Waals surface area contributed by atoms with Gasteiger partial charge >= 0.3 is 0 Å². The van der Waals surface area contributed by atoms with Crippen molar-refractivity contribution in [2.75, 3.05) is 19.6 Å². The summed E-state index contributed by atoms with van der Waals surface area (Å²) in [6.45, 7) is 8.13. The van der Waals surface area contributed by atoms with Gasteiger partial charge in [0.25, 0.3) is 10.2 Å². The molecule has 1 saturated heterocycles. The minimum Gasteiger partial charge on any atom is -0.317 e. The van der Waals surface area contributed by atoms with E-state index in [0.29, 0.717) is 12.5 Å². The summed E-state index contributed by atoms with van der Waals surface area (Å²) in [5, 5.41) is 3.22. The van der Waals surface area contributed by atoms with Crippen LogP contribution in [0.5, 0.6) is 0 Å². The molecule has 1 heterocycles. The lowest BCUT2D eigenvalue weighted by Gasteiger charge is -2.34. The minimum atomic E-state index is -3.36. The van der Waals surface area contributed by atoms with Crippen molar-refractivity contribution in [2.24, 2.45) is 5.92 Å². The fraction of sp³-hybridized carbons (Fsp3) is 1.00. The van der Waals surface area contributed by atoms with E-state index in [-0.39, 0.29) is 5.54 Å². The van der Waals surface area contributed by atoms with Crippen LogP contribution in [0.4, 0.5) is 0 Å². The molecule has 3 N–H and O–H groups in total. The van der Waals surface area contributed by atoms with Gasteiger partial charge < -0.3 is 5.32 Å².